The molecule has 2 rings (SSSR count). The summed E-state index contributed by atoms with van der Waals surface area (Å²) in [6, 6.07) is 0. The normalized spacial score (nSPS) is 26.2. The van der Waals surface area contributed by atoms with E-state index in [1.165, 1.54) is 51.4 Å². The van der Waals surface area contributed by atoms with Crippen molar-refractivity contribution >= 4 is 0 Å². The lowest BCUT2D eigenvalue weighted by Crippen LogP contribution is -2.19. The van der Waals surface area contributed by atoms with Crippen molar-refractivity contribution in [2.75, 3.05) is 6.54 Å². The molecule has 2 saturated carbocycles. The van der Waals surface area contributed by atoms with Gasteiger partial charge in [0.1, 0.15) is 0 Å². The first-order valence-electron chi connectivity index (χ1n) is 6.31. The highest BCUT2D eigenvalue weighted by Crippen LogP contribution is 2.34. The number of hydrogen-bond acceptors (Lipinski definition) is 1. The lowest BCUT2D eigenvalue weighted by molar-refractivity contribution is 0.367. The number of rotatable bonds is 3. The fourth-order valence-electron chi connectivity index (χ4n) is 2.75. The molecular formula is C13H23N. The Hall–Kier alpha value is -0.300. The van der Waals surface area contributed by atoms with E-state index in [0.29, 0.717) is 0 Å². The molecule has 0 aromatic heterocycles. The Balaban J connectivity index is 1.92. The third-order valence-electron chi connectivity index (χ3n) is 3.96. The smallest absolute Gasteiger partial charge is 0.0139 e. The summed E-state index contributed by atoms with van der Waals surface area (Å²) in [5.74, 6) is 1.73. The van der Waals surface area contributed by atoms with Gasteiger partial charge < -0.3 is 5.73 Å². The molecule has 1 heteroatoms. The van der Waals surface area contributed by atoms with Crippen molar-refractivity contribution in [1.29, 1.82) is 0 Å². The molecule has 1 nitrogen and oxygen atoms in total. The zero-order valence-corrected chi connectivity index (χ0v) is 9.17. The van der Waals surface area contributed by atoms with Gasteiger partial charge in [-0.1, -0.05) is 37.3 Å². The van der Waals surface area contributed by atoms with E-state index in [-0.39, 0.29) is 0 Å². The maximum Gasteiger partial charge on any atom is 0.0139 e. The third kappa shape index (κ3) is 2.38. The van der Waals surface area contributed by atoms with Gasteiger partial charge in [0.2, 0.25) is 0 Å². The van der Waals surface area contributed by atoms with E-state index in [9.17, 15) is 0 Å². The summed E-state index contributed by atoms with van der Waals surface area (Å²) in [4.78, 5) is 0. The summed E-state index contributed by atoms with van der Waals surface area (Å²) in [6.07, 6.45) is 13.9. The van der Waals surface area contributed by atoms with Crippen LogP contribution in [0.3, 0.4) is 0 Å². The van der Waals surface area contributed by atoms with E-state index in [2.05, 4.69) is 6.08 Å². The van der Waals surface area contributed by atoms with Gasteiger partial charge in [0, 0.05) is 6.54 Å². The fourth-order valence-corrected chi connectivity index (χ4v) is 2.75. The van der Waals surface area contributed by atoms with E-state index >= 15 is 0 Å². The first-order chi connectivity index (χ1) is 6.90. The molecule has 0 amide bonds. The predicted molar refractivity (Wildman–Crippen MR) is 61.1 cm³/mol. The van der Waals surface area contributed by atoms with E-state index in [4.69, 9.17) is 5.73 Å². The van der Waals surface area contributed by atoms with Crippen LogP contribution in [0.1, 0.15) is 51.4 Å². The quantitative estimate of drug-likeness (QED) is 0.684. The Morgan fingerprint density at radius 3 is 2.21 bits per heavy atom. The molecule has 2 aliphatic rings. The predicted octanol–water partition coefficient (Wildman–Crippen LogP) is 3.25. The molecule has 0 unspecified atom stereocenters. The first kappa shape index (κ1) is 10.2. The Morgan fingerprint density at radius 2 is 1.71 bits per heavy atom. The van der Waals surface area contributed by atoms with Crippen molar-refractivity contribution in [2.45, 2.75) is 51.4 Å². The SMILES string of the molecule is NCC(=CC1CCC1)C1CCCCC1. The summed E-state index contributed by atoms with van der Waals surface area (Å²) >= 11 is 0. The zero-order valence-electron chi connectivity index (χ0n) is 9.17. The third-order valence-corrected chi connectivity index (χ3v) is 3.96. The minimum absolute atomic E-state index is 0.807. The van der Waals surface area contributed by atoms with E-state index in [1.807, 2.05) is 0 Å². The van der Waals surface area contributed by atoms with Crippen LogP contribution in [0, 0.1) is 11.8 Å². The average molecular weight is 193 g/mol. The van der Waals surface area contributed by atoms with Crippen LogP contribution in [0.15, 0.2) is 11.6 Å². The van der Waals surface area contributed by atoms with Crippen LogP contribution in [0.2, 0.25) is 0 Å². The Bertz CT molecular complexity index is 197. The minimum Gasteiger partial charge on any atom is -0.327 e. The van der Waals surface area contributed by atoms with Crippen molar-refractivity contribution < 1.29 is 0 Å². The van der Waals surface area contributed by atoms with Crippen LogP contribution in [0.5, 0.6) is 0 Å². The van der Waals surface area contributed by atoms with E-state index in [1.54, 1.807) is 5.57 Å². The Labute approximate surface area is 87.8 Å². The molecule has 0 bridgehead atoms. The number of hydrogen-bond donors (Lipinski definition) is 1. The van der Waals surface area contributed by atoms with Gasteiger partial charge in [-0.05, 0) is 37.5 Å². The standard InChI is InChI=1S/C13H23N/c14-10-13(9-11-5-4-6-11)12-7-2-1-3-8-12/h9,11-12H,1-8,10,14H2. The van der Waals surface area contributed by atoms with Crippen LogP contribution >= 0.6 is 0 Å². The van der Waals surface area contributed by atoms with Crippen LogP contribution in [0.4, 0.5) is 0 Å². The molecule has 80 valence electrons. The van der Waals surface area contributed by atoms with Gasteiger partial charge >= 0.3 is 0 Å². The highest BCUT2D eigenvalue weighted by molar-refractivity contribution is 5.12. The van der Waals surface area contributed by atoms with Gasteiger partial charge in [0.15, 0.2) is 0 Å². The molecule has 0 atom stereocenters. The van der Waals surface area contributed by atoms with Gasteiger partial charge in [-0.15, -0.1) is 0 Å². The Kier molecular flexibility index (Phi) is 3.63. The van der Waals surface area contributed by atoms with Crippen LogP contribution in [-0.4, -0.2) is 6.54 Å². The van der Waals surface area contributed by atoms with Gasteiger partial charge in [-0.3, -0.25) is 0 Å². The highest BCUT2D eigenvalue weighted by atomic mass is 14.5. The van der Waals surface area contributed by atoms with Crippen LogP contribution < -0.4 is 5.73 Å². The molecule has 0 aromatic rings. The van der Waals surface area contributed by atoms with Crippen molar-refractivity contribution in [1.82, 2.24) is 0 Å². The first-order valence-corrected chi connectivity index (χ1v) is 6.31. The van der Waals surface area contributed by atoms with Crippen molar-refractivity contribution in [2.24, 2.45) is 17.6 Å². The molecule has 0 aromatic carbocycles. The van der Waals surface area contributed by atoms with E-state index < -0.39 is 0 Å². The molecule has 14 heavy (non-hydrogen) atoms. The minimum atomic E-state index is 0.807. The van der Waals surface area contributed by atoms with Crippen LogP contribution in [0.25, 0.3) is 0 Å². The Morgan fingerprint density at radius 1 is 1.00 bits per heavy atom. The molecular weight excluding hydrogens is 170 g/mol. The number of nitrogens with two attached hydrogens (primary N) is 1. The molecule has 0 radical (unpaired) electrons. The monoisotopic (exact) mass is 193 g/mol. The van der Waals surface area contributed by atoms with Crippen molar-refractivity contribution in [3.8, 4) is 0 Å². The van der Waals surface area contributed by atoms with Crippen molar-refractivity contribution in [3.05, 3.63) is 11.6 Å². The van der Waals surface area contributed by atoms with Gasteiger partial charge in [0.25, 0.3) is 0 Å². The molecule has 2 N–H and O–H groups in total. The summed E-state index contributed by atoms with van der Waals surface area (Å²) in [7, 11) is 0. The largest absolute Gasteiger partial charge is 0.327 e. The summed E-state index contributed by atoms with van der Waals surface area (Å²) in [5, 5.41) is 0. The van der Waals surface area contributed by atoms with E-state index in [0.717, 1.165) is 18.4 Å². The molecule has 2 fully saturated rings. The maximum absolute atomic E-state index is 5.86. The second-order valence-corrected chi connectivity index (χ2v) is 4.97. The molecule has 2 aliphatic carbocycles. The van der Waals surface area contributed by atoms with Gasteiger partial charge in [-0.25, -0.2) is 0 Å². The topological polar surface area (TPSA) is 26.0 Å². The molecule has 0 heterocycles. The second-order valence-electron chi connectivity index (χ2n) is 4.97. The van der Waals surface area contributed by atoms with Gasteiger partial charge in [0.05, 0.1) is 0 Å². The van der Waals surface area contributed by atoms with Gasteiger partial charge in [-0.2, -0.15) is 0 Å². The summed E-state index contributed by atoms with van der Waals surface area (Å²) < 4.78 is 0. The summed E-state index contributed by atoms with van der Waals surface area (Å²) in [5.41, 5.74) is 7.44. The zero-order chi connectivity index (χ0) is 9.80. The lowest BCUT2D eigenvalue weighted by Gasteiger charge is -2.28. The second kappa shape index (κ2) is 4.97. The molecule has 0 spiro atoms. The molecule has 0 aliphatic heterocycles. The fraction of sp³-hybridized carbons (Fsp3) is 0.846. The maximum atomic E-state index is 5.86. The van der Waals surface area contributed by atoms with Crippen molar-refractivity contribution in [3.63, 3.8) is 0 Å². The lowest BCUT2D eigenvalue weighted by atomic mass is 9.78. The average Bonchev–Trinajstić information content (AvgIpc) is 2.18. The molecule has 0 saturated heterocycles. The highest BCUT2D eigenvalue weighted by Gasteiger charge is 2.20. The summed E-state index contributed by atoms with van der Waals surface area (Å²) in [6.45, 7) is 0.807. The van der Waals surface area contributed by atoms with Crippen LogP contribution in [-0.2, 0) is 0 Å². The number of allylic oxidation sites excluding steroid dienone is 1.